The minimum atomic E-state index is -0.0271. The van der Waals surface area contributed by atoms with E-state index < -0.39 is 0 Å². The quantitative estimate of drug-likeness (QED) is 0.210. The minimum Gasteiger partial charge on any atom is -0.490 e. The molecule has 0 bridgehead atoms. The Labute approximate surface area is 227 Å². The van der Waals surface area contributed by atoms with Crippen LogP contribution in [0.15, 0.2) is 101 Å². The van der Waals surface area contributed by atoms with Gasteiger partial charge in [-0.25, -0.2) is 4.99 Å². The molecule has 1 aliphatic rings. The van der Waals surface area contributed by atoms with Gasteiger partial charge in [-0.1, -0.05) is 73.7 Å². The van der Waals surface area contributed by atoms with Gasteiger partial charge in [0.05, 0.1) is 17.2 Å². The van der Waals surface area contributed by atoms with Crippen molar-refractivity contribution in [1.29, 1.82) is 0 Å². The molecule has 0 unspecified atom stereocenters. The van der Waals surface area contributed by atoms with Crippen LogP contribution in [0, 0.1) is 0 Å². The Balaban J connectivity index is 1.39. The first kappa shape index (κ1) is 25.6. The number of hydrogen-bond acceptors (Lipinski definition) is 5. The van der Waals surface area contributed by atoms with Crippen molar-refractivity contribution in [2.24, 2.45) is 4.99 Å². The van der Waals surface area contributed by atoms with Crippen LogP contribution < -0.4 is 9.47 Å². The fourth-order valence-electron chi connectivity index (χ4n) is 4.35. The van der Waals surface area contributed by atoms with Crippen molar-refractivity contribution in [2.75, 3.05) is 13.2 Å². The molecule has 0 radical (unpaired) electrons. The van der Waals surface area contributed by atoms with E-state index in [0.29, 0.717) is 41.3 Å². The summed E-state index contributed by atoms with van der Waals surface area (Å²) in [6, 6.07) is 30.1. The Morgan fingerprint density at radius 3 is 2.47 bits per heavy atom. The predicted molar refractivity (Wildman–Crippen MR) is 157 cm³/mol. The van der Waals surface area contributed by atoms with Crippen LogP contribution in [0.4, 0.5) is 5.69 Å². The largest absolute Gasteiger partial charge is 0.490 e. The van der Waals surface area contributed by atoms with E-state index in [4.69, 9.17) is 14.5 Å². The lowest BCUT2D eigenvalue weighted by Crippen LogP contribution is -2.29. The third kappa shape index (κ3) is 5.76. The molecule has 1 amide bonds. The maximum atomic E-state index is 13.2. The average Bonchev–Trinajstić information content (AvgIpc) is 3.22. The second-order valence-corrected chi connectivity index (χ2v) is 9.87. The number of thioether (sulfide) groups is 1. The van der Waals surface area contributed by atoms with E-state index >= 15 is 0 Å². The monoisotopic (exact) mass is 522 g/mol. The lowest BCUT2D eigenvalue weighted by Gasteiger charge is -2.14. The maximum absolute atomic E-state index is 13.2. The highest BCUT2D eigenvalue weighted by atomic mass is 32.2. The molecule has 0 saturated carbocycles. The molecule has 0 N–H and O–H groups in total. The number of ether oxygens (including phenoxy) is 2. The molecule has 0 atom stereocenters. The summed E-state index contributed by atoms with van der Waals surface area (Å²) in [5, 5.41) is 3.07. The summed E-state index contributed by atoms with van der Waals surface area (Å²) in [5.74, 6) is 1.30. The fraction of sp³-hybridized carbons (Fsp3) is 0.188. The van der Waals surface area contributed by atoms with Crippen LogP contribution >= 0.6 is 11.8 Å². The van der Waals surface area contributed by atoms with Crippen molar-refractivity contribution >= 4 is 45.4 Å². The number of nitrogens with zero attached hydrogens (tertiary/aromatic N) is 2. The Kier molecular flexibility index (Phi) is 8.09. The van der Waals surface area contributed by atoms with E-state index in [1.165, 1.54) is 22.5 Å². The Bertz CT molecular complexity index is 1490. The first-order valence-electron chi connectivity index (χ1n) is 12.9. The molecule has 38 heavy (non-hydrogen) atoms. The van der Waals surface area contributed by atoms with Crippen molar-refractivity contribution in [3.05, 3.63) is 107 Å². The summed E-state index contributed by atoms with van der Waals surface area (Å²) in [5.41, 5.74) is 2.82. The van der Waals surface area contributed by atoms with Gasteiger partial charge in [-0.05, 0) is 77.3 Å². The number of amides is 1. The molecule has 6 heteroatoms. The lowest BCUT2D eigenvalue weighted by molar-refractivity contribution is -0.122. The van der Waals surface area contributed by atoms with Crippen LogP contribution in [0.25, 0.3) is 16.8 Å². The number of amidine groups is 1. The van der Waals surface area contributed by atoms with Crippen molar-refractivity contribution in [1.82, 2.24) is 4.90 Å². The molecule has 0 aromatic heterocycles. The van der Waals surface area contributed by atoms with Gasteiger partial charge in [0.2, 0.25) is 0 Å². The summed E-state index contributed by atoms with van der Waals surface area (Å²) in [4.78, 5) is 20.4. The minimum absolute atomic E-state index is 0.0271. The van der Waals surface area contributed by atoms with Crippen LogP contribution in [0.3, 0.4) is 0 Å². The number of hydrogen-bond donors (Lipinski definition) is 0. The molecule has 4 aromatic carbocycles. The summed E-state index contributed by atoms with van der Waals surface area (Å²) >= 11 is 1.40. The molecule has 5 nitrogen and oxygen atoms in total. The molecule has 192 valence electrons. The van der Waals surface area contributed by atoms with Gasteiger partial charge in [-0.15, -0.1) is 0 Å². The summed E-state index contributed by atoms with van der Waals surface area (Å²) in [7, 11) is 0. The highest BCUT2D eigenvalue weighted by Crippen LogP contribution is 2.36. The topological polar surface area (TPSA) is 51.1 Å². The maximum Gasteiger partial charge on any atom is 0.266 e. The van der Waals surface area contributed by atoms with E-state index in [-0.39, 0.29) is 5.91 Å². The number of fused-ring (bicyclic) bond motifs is 1. The summed E-state index contributed by atoms with van der Waals surface area (Å²) < 4.78 is 12.1. The molecule has 0 spiro atoms. The number of carbonyl (C=O) groups is 1. The van der Waals surface area contributed by atoms with Crippen LogP contribution in [0.1, 0.15) is 31.4 Å². The Hall–Kier alpha value is -4.03. The smallest absolute Gasteiger partial charge is 0.266 e. The van der Waals surface area contributed by atoms with Gasteiger partial charge in [-0.2, -0.15) is 0 Å². The van der Waals surface area contributed by atoms with E-state index in [2.05, 4.69) is 31.2 Å². The van der Waals surface area contributed by atoms with Crippen molar-refractivity contribution in [2.45, 2.75) is 26.9 Å². The molecule has 5 rings (SSSR count). The highest BCUT2D eigenvalue weighted by molar-refractivity contribution is 8.18. The third-order valence-electron chi connectivity index (χ3n) is 6.14. The van der Waals surface area contributed by atoms with Crippen molar-refractivity contribution in [3.8, 4) is 11.5 Å². The van der Waals surface area contributed by atoms with Gasteiger partial charge in [0, 0.05) is 6.54 Å². The predicted octanol–water partition coefficient (Wildman–Crippen LogP) is 7.83. The standard InChI is InChI=1S/C32H30N2O3S/c1-3-19-34-31(35)30(38-32(34)33-26-14-6-5-7-15-26)21-23-17-18-28(29(20-23)36-4-2)37-22-25-13-10-12-24-11-8-9-16-27(24)25/h5-18,20-21H,3-4,19,22H2,1-2H3/b30-21+,33-32?. The molecular weight excluding hydrogens is 492 g/mol. The van der Waals surface area contributed by atoms with Crippen molar-refractivity contribution in [3.63, 3.8) is 0 Å². The van der Waals surface area contributed by atoms with E-state index in [1.807, 2.05) is 79.7 Å². The third-order valence-corrected chi connectivity index (χ3v) is 7.15. The zero-order valence-corrected chi connectivity index (χ0v) is 22.4. The average molecular weight is 523 g/mol. The van der Waals surface area contributed by atoms with Gasteiger partial charge in [0.1, 0.15) is 6.61 Å². The second kappa shape index (κ2) is 12.0. The normalized spacial score (nSPS) is 15.5. The molecule has 1 aliphatic heterocycles. The van der Waals surface area contributed by atoms with Crippen LogP contribution in [-0.2, 0) is 11.4 Å². The summed E-state index contributed by atoms with van der Waals surface area (Å²) in [6.45, 7) is 5.58. The number of aliphatic imine (C=N–C) groups is 1. The molecule has 1 heterocycles. The lowest BCUT2D eigenvalue weighted by atomic mass is 10.1. The first-order valence-corrected chi connectivity index (χ1v) is 13.7. The zero-order valence-electron chi connectivity index (χ0n) is 21.6. The van der Waals surface area contributed by atoms with E-state index in [1.54, 1.807) is 4.90 Å². The highest BCUT2D eigenvalue weighted by Gasteiger charge is 2.32. The molecule has 0 aliphatic carbocycles. The van der Waals surface area contributed by atoms with Gasteiger partial charge in [0.15, 0.2) is 16.7 Å². The van der Waals surface area contributed by atoms with Gasteiger partial charge in [0.25, 0.3) is 5.91 Å². The van der Waals surface area contributed by atoms with Crippen LogP contribution in [0.2, 0.25) is 0 Å². The number of carbonyl (C=O) groups excluding carboxylic acids is 1. The van der Waals surface area contributed by atoms with Crippen molar-refractivity contribution < 1.29 is 14.3 Å². The number of para-hydroxylation sites is 1. The Morgan fingerprint density at radius 2 is 1.66 bits per heavy atom. The second-order valence-electron chi connectivity index (χ2n) is 8.86. The zero-order chi connectivity index (χ0) is 26.3. The van der Waals surface area contributed by atoms with E-state index in [9.17, 15) is 4.79 Å². The van der Waals surface area contributed by atoms with Gasteiger partial charge in [-0.3, -0.25) is 9.69 Å². The van der Waals surface area contributed by atoms with Gasteiger partial charge >= 0.3 is 0 Å². The first-order chi connectivity index (χ1) is 18.7. The van der Waals surface area contributed by atoms with Gasteiger partial charge < -0.3 is 9.47 Å². The SMILES string of the molecule is CCCN1C(=O)/C(=C\c2ccc(OCc3cccc4ccccc34)c(OCC)c2)SC1=Nc1ccccc1. The Morgan fingerprint density at radius 1 is 0.868 bits per heavy atom. The molecule has 1 saturated heterocycles. The molecule has 4 aromatic rings. The number of benzene rings is 4. The fourth-order valence-corrected chi connectivity index (χ4v) is 5.38. The molecular formula is C32H30N2O3S. The summed E-state index contributed by atoms with van der Waals surface area (Å²) in [6.07, 6.45) is 2.75. The number of rotatable bonds is 9. The van der Waals surface area contributed by atoms with Crippen LogP contribution in [0.5, 0.6) is 11.5 Å². The molecule has 1 fully saturated rings. The van der Waals surface area contributed by atoms with Crippen LogP contribution in [-0.4, -0.2) is 29.1 Å². The van der Waals surface area contributed by atoms with E-state index in [0.717, 1.165) is 23.2 Å².